The molecule has 43 heavy (non-hydrogen) atoms. The van der Waals surface area contributed by atoms with Crippen molar-refractivity contribution in [2.75, 3.05) is 106 Å². The standard InChI is InChI=1S/C32H62O11/c1-5-9-11-29(7-3)31(33)42-27-25-40-23-21-38-19-17-36-15-13-35-14-16-37-18-20-39-22-24-41-26-28-43-32(34)30(8-4)12-10-6-2/h29-30H,5-28H2,1-4H3. The van der Waals surface area contributed by atoms with Gasteiger partial charge in [0.25, 0.3) is 0 Å². The van der Waals surface area contributed by atoms with E-state index in [0.29, 0.717) is 92.5 Å². The molecule has 0 aliphatic heterocycles. The molecule has 0 saturated carbocycles. The number of hydrogen-bond donors (Lipinski definition) is 0. The Balaban J connectivity index is 3.27. The van der Waals surface area contributed by atoms with E-state index in [-0.39, 0.29) is 37.0 Å². The highest BCUT2D eigenvalue weighted by Gasteiger charge is 2.17. The van der Waals surface area contributed by atoms with Gasteiger partial charge in [0, 0.05) is 0 Å². The van der Waals surface area contributed by atoms with Crippen LogP contribution in [0.15, 0.2) is 0 Å². The molecule has 11 nitrogen and oxygen atoms in total. The summed E-state index contributed by atoms with van der Waals surface area (Å²) in [5.41, 5.74) is 0. The lowest BCUT2D eigenvalue weighted by Crippen LogP contribution is -2.20. The smallest absolute Gasteiger partial charge is 0.308 e. The Morgan fingerprint density at radius 2 is 0.628 bits per heavy atom. The fourth-order valence-corrected chi connectivity index (χ4v) is 3.94. The molecule has 2 unspecified atom stereocenters. The molecule has 0 N–H and O–H groups in total. The second-order valence-corrected chi connectivity index (χ2v) is 10.1. The van der Waals surface area contributed by atoms with E-state index in [2.05, 4.69) is 13.8 Å². The lowest BCUT2D eigenvalue weighted by molar-refractivity contribution is -0.151. The first-order valence-electron chi connectivity index (χ1n) is 16.5. The summed E-state index contributed by atoms with van der Waals surface area (Å²) < 4.78 is 48.8. The van der Waals surface area contributed by atoms with Gasteiger partial charge in [-0.1, -0.05) is 53.4 Å². The molecule has 0 amide bonds. The zero-order valence-corrected chi connectivity index (χ0v) is 27.6. The van der Waals surface area contributed by atoms with E-state index in [1.54, 1.807) is 0 Å². The lowest BCUT2D eigenvalue weighted by atomic mass is 10.00. The van der Waals surface area contributed by atoms with Crippen LogP contribution in [0, 0.1) is 11.8 Å². The minimum Gasteiger partial charge on any atom is -0.463 e. The Morgan fingerprint density at radius 1 is 0.395 bits per heavy atom. The molecule has 0 aromatic carbocycles. The summed E-state index contributed by atoms with van der Waals surface area (Å²) >= 11 is 0. The molecular formula is C32H62O11. The minimum absolute atomic E-state index is 0.00375. The first-order valence-corrected chi connectivity index (χ1v) is 16.5. The highest BCUT2D eigenvalue weighted by Crippen LogP contribution is 2.15. The number of esters is 2. The molecule has 0 radical (unpaired) electrons. The van der Waals surface area contributed by atoms with Crippen LogP contribution in [-0.4, -0.2) is 118 Å². The summed E-state index contributed by atoms with van der Waals surface area (Å²) in [6.45, 7) is 15.3. The molecule has 256 valence electrons. The summed E-state index contributed by atoms with van der Waals surface area (Å²) in [5.74, 6) is -0.250. The van der Waals surface area contributed by atoms with Gasteiger partial charge in [0.2, 0.25) is 0 Å². The summed E-state index contributed by atoms with van der Waals surface area (Å²) in [4.78, 5) is 24.0. The topological polar surface area (TPSA) is 117 Å². The summed E-state index contributed by atoms with van der Waals surface area (Å²) in [6.07, 6.45) is 7.66. The van der Waals surface area contributed by atoms with Gasteiger partial charge in [-0.25, -0.2) is 0 Å². The molecule has 0 spiro atoms. The fourth-order valence-electron chi connectivity index (χ4n) is 3.94. The third-order valence-electron chi connectivity index (χ3n) is 6.64. The molecule has 0 fully saturated rings. The zero-order valence-electron chi connectivity index (χ0n) is 27.6. The predicted octanol–water partition coefficient (Wildman–Crippen LogP) is 4.62. The largest absolute Gasteiger partial charge is 0.463 e. The van der Waals surface area contributed by atoms with Crippen molar-refractivity contribution < 1.29 is 52.2 Å². The number of carbonyl (C=O) groups excluding carboxylic acids is 2. The van der Waals surface area contributed by atoms with Gasteiger partial charge in [0.15, 0.2) is 0 Å². The maximum atomic E-state index is 12.0. The summed E-state index contributed by atoms with van der Waals surface area (Å²) in [7, 11) is 0. The number of ether oxygens (including phenoxy) is 9. The highest BCUT2D eigenvalue weighted by molar-refractivity contribution is 5.72. The van der Waals surface area contributed by atoms with E-state index >= 15 is 0 Å². The molecular weight excluding hydrogens is 560 g/mol. The third kappa shape index (κ3) is 27.9. The van der Waals surface area contributed by atoms with Crippen molar-refractivity contribution in [3.05, 3.63) is 0 Å². The quantitative estimate of drug-likeness (QED) is 0.0739. The first-order chi connectivity index (χ1) is 21.1. The van der Waals surface area contributed by atoms with E-state index < -0.39 is 0 Å². The molecule has 2 atom stereocenters. The molecule has 0 aromatic heterocycles. The van der Waals surface area contributed by atoms with Crippen molar-refractivity contribution in [2.45, 2.75) is 79.1 Å². The van der Waals surface area contributed by atoms with E-state index in [9.17, 15) is 9.59 Å². The molecule has 0 aliphatic carbocycles. The zero-order chi connectivity index (χ0) is 31.6. The van der Waals surface area contributed by atoms with Crippen molar-refractivity contribution in [2.24, 2.45) is 11.8 Å². The molecule has 0 saturated heterocycles. The Hall–Kier alpha value is -1.34. The van der Waals surface area contributed by atoms with Crippen molar-refractivity contribution in [1.82, 2.24) is 0 Å². The Bertz CT molecular complexity index is 556. The Kier molecular flexibility index (Phi) is 32.5. The second-order valence-electron chi connectivity index (χ2n) is 10.1. The van der Waals surface area contributed by atoms with Crippen LogP contribution in [0.2, 0.25) is 0 Å². The van der Waals surface area contributed by atoms with Crippen molar-refractivity contribution in [3.8, 4) is 0 Å². The molecule has 0 aliphatic rings. The van der Waals surface area contributed by atoms with Crippen molar-refractivity contribution >= 4 is 11.9 Å². The van der Waals surface area contributed by atoms with E-state index in [1.165, 1.54) is 0 Å². The SMILES string of the molecule is CCCCC(CC)C(=O)OCCOCCOCCOCCOCCOCCOCCOCCOC(=O)C(CC)CCCC. The van der Waals surface area contributed by atoms with Crippen LogP contribution in [0.25, 0.3) is 0 Å². The monoisotopic (exact) mass is 622 g/mol. The van der Waals surface area contributed by atoms with Gasteiger partial charge >= 0.3 is 11.9 Å². The number of carbonyl (C=O) groups is 2. The van der Waals surface area contributed by atoms with Crippen molar-refractivity contribution in [3.63, 3.8) is 0 Å². The van der Waals surface area contributed by atoms with Gasteiger partial charge in [0.1, 0.15) is 13.2 Å². The average molecular weight is 623 g/mol. The predicted molar refractivity (Wildman–Crippen MR) is 164 cm³/mol. The first kappa shape index (κ1) is 41.7. The Morgan fingerprint density at radius 3 is 0.837 bits per heavy atom. The van der Waals surface area contributed by atoms with E-state index in [1.807, 2.05) is 13.8 Å². The third-order valence-corrected chi connectivity index (χ3v) is 6.64. The molecule has 0 rings (SSSR count). The number of rotatable bonds is 34. The van der Waals surface area contributed by atoms with Crippen LogP contribution >= 0.6 is 0 Å². The van der Waals surface area contributed by atoms with Gasteiger partial charge in [0.05, 0.1) is 104 Å². The van der Waals surface area contributed by atoms with Gasteiger partial charge in [-0.05, 0) is 25.7 Å². The number of hydrogen-bond acceptors (Lipinski definition) is 11. The second kappa shape index (κ2) is 33.6. The maximum Gasteiger partial charge on any atom is 0.308 e. The molecule has 11 heteroatoms. The van der Waals surface area contributed by atoms with E-state index in [4.69, 9.17) is 42.6 Å². The average Bonchev–Trinajstić information content (AvgIpc) is 3.01. The van der Waals surface area contributed by atoms with Crippen LogP contribution in [-0.2, 0) is 52.2 Å². The number of unbranched alkanes of at least 4 members (excludes halogenated alkanes) is 2. The van der Waals surface area contributed by atoms with Crippen molar-refractivity contribution in [1.29, 1.82) is 0 Å². The van der Waals surface area contributed by atoms with Crippen LogP contribution in [0.5, 0.6) is 0 Å². The molecule has 0 aromatic rings. The maximum absolute atomic E-state index is 12.0. The van der Waals surface area contributed by atoms with Crippen LogP contribution in [0.1, 0.15) is 79.1 Å². The Labute approximate surface area is 260 Å². The highest BCUT2D eigenvalue weighted by atomic mass is 16.6. The van der Waals surface area contributed by atoms with Gasteiger partial charge < -0.3 is 42.6 Å². The lowest BCUT2D eigenvalue weighted by Gasteiger charge is -2.13. The molecule has 0 heterocycles. The van der Waals surface area contributed by atoms with Gasteiger partial charge in [-0.3, -0.25) is 9.59 Å². The van der Waals surface area contributed by atoms with Crippen LogP contribution in [0.4, 0.5) is 0 Å². The molecule has 0 bridgehead atoms. The fraction of sp³-hybridized carbons (Fsp3) is 0.938. The van der Waals surface area contributed by atoms with Crippen LogP contribution in [0.3, 0.4) is 0 Å². The minimum atomic E-state index is -0.121. The van der Waals surface area contributed by atoms with Gasteiger partial charge in [-0.15, -0.1) is 0 Å². The summed E-state index contributed by atoms with van der Waals surface area (Å²) in [6, 6.07) is 0. The van der Waals surface area contributed by atoms with Gasteiger partial charge in [-0.2, -0.15) is 0 Å². The van der Waals surface area contributed by atoms with E-state index in [0.717, 1.165) is 51.4 Å². The van der Waals surface area contributed by atoms with Crippen LogP contribution < -0.4 is 0 Å². The normalized spacial score (nSPS) is 12.7. The summed E-state index contributed by atoms with van der Waals surface area (Å²) in [5, 5.41) is 0.